The fourth-order valence-electron chi connectivity index (χ4n) is 2.47. The molecular formula is C18H20F3N3OS2. The normalized spacial score (nSPS) is 11.5. The van der Waals surface area contributed by atoms with Crippen molar-refractivity contribution in [2.45, 2.75) is 42.9 Å². The van der Waals surface area contributed by atoms with Crippen LogP contribution in [0.25, 0.3) is 0 Å². The van der Waals surface area contributed by atoms with E-state index in [1.807, 2.05) is 20.1 Å². The zero-order valence-electron chi connectivity index (χ0n) is 15.2. The SMILES string of the molecule is CSc1nc(C)c(CCC(=O)Nc2ccccc2SCC(F)(F)F)c(C)n1. The number of para-hydroxylation sites is 1. The van der Waals surface area contributed by atoms with E-state index in [4.69, 9.17) is 0 Å². The van der Waals surface area contributed by atoms with Crippen LogP contribution in [-0.4, -0.2) is 34.1 Å². The van der Waals surface area contributed by atoms with Crippen LogP contribution < -0.4 is 5.32 Å². The molecule has 1 aromatic carbocycles. The lowest BCUT2D eigenvalue weighted by Gasteiger charge is -2.13. The first kappa shape index (κ1) is 21.6. The van der Waals surface area contributed by atoms with Crippen LogP contribution >= 0.6 is 23.5 Å². The van der Waals surface area contributed by atoms with Gasteiger partial charge in [-0.3, -0.25) is 4.79 Å². The number of rotatable bonds is 7. The number of carbonyl (C=O) groups excluding carboxylic acids is 1. The number of alkyl halides is 3. The Labute approximate surface area is 164 Å². The van der Waals surface area contributed by atoms with Crippen LogP contribution in [0.2, 0.25) is 0 Å². The lowest BCUT2D eigenvalue weighted by molar-refractivity contribution is -0.116. The zero-order chi connectivity index (χ0) is 20.0. The second-order valence-electron chi connectivity index (χ2n) is 5.81. The molecule has 0 spiro atoms. The molecule has 0 saturated carbocycles. The number of nitrogens with zero attached hydrogens (tertiary/aromatic N) is 2. The Kier molecular flexibility index (Phi) is 7.55. The van der Waals surface area contributed by atoms with E-state index in [-0.39, 0.29) is 12.3 Å². The maximum absolute atomic E-state index is 12.5. The molecule has 9 heteroatoms. The number of carbonyl (C=O) groups is 1. The quantitative estimate of drug-likeness (QED) is 0.507. The van der Waals surface area contributed by atoms with Crippen molar-refractivity contribution in [3.8, 4) is 0 Å². The smallest absolute Gasteiger partial charge is 0.325 e. The summed E-state index contributed by atoms with van der Waals surface area (Å²) in [6.45, 7) is 3.76. The zero-order valence-corrected chi connectivity index (χ0v) is 16.8. The summed E-state index contributed by atoms with van der Waals surface area (Å²) in [6, 6.07) is 6.49. The van der Waals surface area contributed by atoms with Crippen molar-refractivity contribution in [2.75, 3.05) is 17.3 Å². The maximum atomic E-state index is 12.5. The third kappa shape index (κ3) is 6.73. The Hall–Kier alpha value is -1.74. The topological polar surface area (TPSA) is 54.9 Å². The monoisotopic (exact) mass is 415 g/mol. The number of aryl methyl sites for hydroxylation is 2. The third-order valence-electron chi connectivity index (χ3n) is 3.74. The Balaban J connectivity index is 2.01. The Bertz CT molecular complexity index is 790. The molecule has 27 heavy (non-hydrogen) atoms. The summed E-state index contributed by atoms with van der Waals surface area (Å²) in [5.74, 6) is -1.26. The molecule has 146 valence electrons. The Morgan fingerprint density at radius 2 is 1.78 bits per heavy atom. The molecular weight excluding hydrogens is 395 g/mol. The molecule has 0 radical (unpaired) electrons. The lowest BCUT2D eigenvalue weighted by atomic mass is 10.1. The van der Waals surface area contributed by atoms with Crippen molar-refractivity contribution < 1.29 is 18.0 Å². The van der Waals surface area contributed by atoms with Crippen molar-refractivity contribution in [1.29, 1.82) is 0 Å². The number of halogens is 3. The first-order chi connectivity index (χ1) is 12.7. The summed E-state index contributed by atoms with van der Waals surface area (Å²) < 4.78 is 37.4. The highest BCUT2D eigenvalue weighted by atomic mass is 32.2. The second kappa shape index (κ2) is 9.45. The summed E-state index contributed by atoms with van der Waals surface area (Å²) in [6.07, 6.45) is -1.70. The van der Waals surface area contributed by atoms with Gasteiger partial charge in [-0.2, -0.15) is 13.2 Å². The van der Waals surface area contributed by atoms with Crippen LogP contribution in [0, 0.1) is 13.8 Å². The summed E-state index contributed by atoms with van der Waals surface area (Å²) in [4.78, 5) is 21.5. The summed E-state index contributed by atoms with van der Waals surface area (Å²) in [7, 11) is 0. The van der Waals surface area contributed by atoms with Crippen molar-refractivity contribution in [3.05, 3.63) is 41.2 Å². The van der Waals surface area contributed by atoms with Crippen molar-refractivity contribution in [1.82, 2.24) is 9.97 Å². The molecule has 1 N–H and O–H groups in total. The van der Waals surface area contributed by atoms with Gasteiger partial charge in [-0.05, 0) is 44.2 Å². The van der Waals surface area contributed by atoms with Gasteiger partial charge in [0, 0.05) is 22.7 Å². The van der Waals surface area contributed by atoms with E-state index in [2.05, 4.69) is 15.3 Å². The van der Waals surface area contributed by atoms with E-state index < -0.39 is 11.9 Å². The van der Waals surface area contributed by atoms with Gasteiger partial charge in [-0.25, -0.2) is 9.97 Å². The summed E-state index contributed by atoms with van der Waals surface area (Å²) in [5.41, 5.74) is 2.98. The number of benzene rings is 1. The lowest BCUT2D eigenvalue weighted by Crippen LogP contribution is -2.15. The van der Waals surface area contributed by atoms with Gasteiger partial charge in [0.05, 0.1) is 11.4 Å². The van der Waals surface area contributed by atoms with Crippen LogP contribution in [0.4, 0.5) is 18.9 Å². The molecule has 2 rings (SSSR count). The molecule has 0 unspecified atom stereocenters. The second-order valence-corrected chi connectivity index (χ2v) is 7.60. The van der Waals surface area contributed by atoms with Gasteiger partial charge in [0.2, 0.25) is 5.91 Å². The van der Waals surface area contributed by atoms with E-state index in [1.165, 1.54) is 11.8 Å². The van der Waals surface area contributed by atoms with Crippen molar-refractivity contribution in [3.63, 3.8) is 0 Å². The Morgan fingerprint density at radius 3 is 2.37 bits per heavy atom. The average molecular weight is 416 g/mol. The average Bonchev–Trinajstić information content (AvgIpc) is 2.59. The number of amides is 1. The highest BCUT2D eigenvalue weighted by molar-refractivity contribution is 7.99. The van der Waals surface area contributed by atoms with Gasteiger partial charge < -0.3 is 5.32 Å². The molecule has 1 amide bonds. The van der Waals surface area contributed by atoms with Gasteiger partial charge in [0.15, 0.2) is 5.16 Å². The first-order valence-corrected chi connectivity index (χ1v) is 10.4. The summed E-state index contributed by atoms with van der Waals surface area (Å²) >= 11 is 2.11. The van der Waals surface area contributed by atoms with Crippen LogP contribution in [0.15, 0.2) is 34.3 Å². The maximum Gasteiger partial charge on any atom is 0.398 e. The molecule has 0 aliphatic rings. The molecule has 2 aromatic rings. The fourth-order valence-corrected chi connectivity index (χ4v) is 3.69. The van der Waals surface area contributed by atoms with Crippen LogP contribution in [0.5, 0.6) is 0 Å². The number of hydrogen-bond acceptors (Lipinski definition) is 5. The van der Waals surface area contributed by atoms with Crippen molar-refractivity contribution in [2.24, 2.45) is 0 Å². The molecule has 0 aliphatic carbocycles. The molecule has 0 atom stereocenters. The largest absolute Gasteiger partial charge is 0.398 e. The standard InChI is InChI=1S/C18H20F3N3OS2/c1-11-13(12(2)23-17(22-11)26-3)8-9-16(25)24-14-6-4-5-7-15(14)27-10-18(19,20)21/h4-7H,8-10H2,1-3H3,(H,24,25). The van der Waals surface area contributed by atoms with E-state index in [0.717, 1.165) is 17.0 Å². The van der Waals surface area contributed by atoms with Gasteiger partial charge >= 0.3 is 6.18 Å². The molecule has 1 heterocycles. The highest BCUT2D eigenvalue weighted by Crippen LogP contribution is 2.32. The molecule has 4 nitrogen and oxygen atoms in total. The molecule has 1 aromatic heterocycles. The molecule has 0 bridgehead atoms. The predicted molar refractivity (Wildman–Crippen MR) is 103 cm³/mol. The Morgan fingerprint density at radius 1 is 1.15 bits per heavy atom. The minimum absolute atomic E-state index is 0.196. The molecule has 0 fully saturated rings. The van der Waals surface area contributed by atoms with Crippen LogP contribution in [-0.2, 0) is 11.2 Å². The minimum Gasteiger partial charge on any atom is -0.325 e. The van der Waals surface area contributed by atoms with Gasteiger partial charge in [-0.1, -0.05) is 23.9 Å². The third-order valence-corrected chi connectivity index (χ3v) is 5.42. The number of anilines is 1. The number of hydrogen-bond donors (Lipinski definition) is 1. The minimum atomic E-state index is -4.26. The number of aromatic nitrogens is 2. The van der Waals surface area contributed by atoms with Gasteiger partial charge in [0.25, 0.3) is 0 Å². The van der Waals surface area contributed by atoms with Gasteiger partial charge in [0.1, 0.15) is 0 Å². The molecule has 0 saturated heterocycles. The van der Waals surface area contributed by atoms with Crippen LogP contribution in [0.3, 0.4) is 0 Å². The first-order valence-electron chi connectivity index (χ1n) is 8.16. The predicted octanol–water partition coefficient (Wildman–Crippen LogP) is 5.04. The van der Waals surface area contributed by atoms with Gasteiger partial charge in [-0.15, -0.1) is 11.8 Å². The molecule has 0 aliphatic heterocycles. The summed E-state index contributed by atoms with van der Waals surface area (Å²) in [5, 5.41) is 3.40. The number of thioether (sulfide) groups is 2. The van der Waals surface area contributed by atoms with E-state index in [9.17, 15) is 18.0 Å². The number of nitrogens with one attached hydrogen (secondary N) is 1. The van der Waals surface area contributed by atoms with Crippen LogP contribution in [0.1, 0.15) is 23.4 Å². The highest BCUT2D eigenvalue weighted by Gasteiger charge is 2.27. The van der Waals surface area contributed by atoms with E-state index in [0.29, 0.717) is 33.9 Å². The van der Waals surface area contributed by atoms with E-state index >= 15 is 0 Å². The van der Waals surface area contributed by atoms with Crippen molar-refractivity contribution >= 4 is 35.1 Å². The fraction of sp³-hybridized carbons (Fsp3) is 0.389. The van der Waals surface area contributed by atoms with E-state index in [1.54, 1.807) is 24.3 Å².